The zero-order valence-corrected chi connectivity index (χ0v) is 14.7. The summed E-state index contributed by atoms with van der Waals surface area (Å²) in [6.45, 7) is 1.08. The summed E-state index contributed by atoms with van der Waals surface area (Å²) in [6.07, 6.45) is 0.672. The van der Waals surface area contributed by atoms with Crippen LogP contribution >= 0.6 is 23.2 Å². The predicted molar refractivity (Wildman–Crippen MR) is 96.8 cm³/mol. The third-order valence-electron chi connectivity index (χ3n) is 4.32. The van der Waals surface area contributed by atoms with Gasteiger partial charge in [0.05, 0.1) is 12.2 Å². The lowest BCUT2D eigenvalue weighted by Gasteiger charge is -2.26. The number of carbonyl (C=O) groups is 1. The van der Waals surface area contributed by atoms with Crippen LogP contribution in [0, 0.1) is 0 Å². The molecule has 6 heteroatoms. The van der Waals surface area contributed by atoms with Crippen molar-refractivity contribution in [2.45, 2.75) is 13.0 Å². The average molecular weight is 373 g/mol. The number of nitrogens with zero attached hydrogens (tertiary/aromatic N) is 2. The Labute approximate surface area is 154 Å². The standard InChI is InChI=1S/C19H14Cl2N2O2/c20-14-5-1-12(2-6-14)18-16-11-23(10-9-17(16)22-25-18)19(24)13-3-7-15(21)8-4-13/h1-8H,9-11H2. The molecule has 0 radical (unpaired) electrons. The summed E-state index contributed by atoms with van der Waals surface area (Å²) in [5.41, 5.74) is 3.39. The summed E-state index contributed by atoms with van der Waals surface area (Å²) in [7, 11) is 0. The van der Waals surface area contributed by atoms with Crippen LogP contribution in [0.5, 0.6) is 0 Å². The first-order chi connectivity index (χ1) is 12.1. The van der Waals surface area contributed by atoms with Crippen LogP contribution in [0.2, 0.25) is 10.0 Å². The van der Waals surface area contributed by atoms with Crippen LogP contribution < -0.4 is 0 Å². The van der Waals surface area contributed by atoms with Crippen molar-refractivity contribution in [3.63, 3.8) is 0 Å². The van der Waals surface area contributed by atoms with Crippen molar-refractivity contribution in [3.8, 4) is 11.3 Å². The van der Waals surface area contributed by atoms with E-state index in [2.05, 4.69) is 5.16 Å². The van der Waals surface area contributed by atoms with Crippen molar-refractivity contribution in [2.75, 3.05) is 6.54 Å². The smallest absolute Gasteiger partial charge is 0.254 e. The lowest BCUT2D eigenvalue weighted by atomic mass is 10.0. The fourth-order valence-corrected chi connectivity index (χ4v) is 3.24. The van der Waals surface area contributed by atoms with Crippen LogP contribution in [-0.2, 0) is 13.0 Å². The number of fused-ring (bicyclic) bond motifs is 1. The zero-order chi connectivity index (χ0) is 17.4. The van der Waals surface area contributed by atoms with Crippen molar-refractivity contribution in [1.82, 2.24) is 10.1 Å². The van der Waals surface area contributed by atoms with Gasteiger partial charge in [0.15, 0.2) is 5.76 Å². The summed E-state index contributed by atoms with van der Waals surface area (Å²) in [5, 5.41) is 5.45. The Bertz CT molecular complexity index is 918. The molecule has 2 aromatic carbocycles. The molecule has 0 spiro atoms. The maximum absolute atomic E-state index is 12.7. The topological polar surface area (TPSA) is 46.3 Å². The molecule has 4 rings (SSSR count). The Hall–Kier alpha value is -2.30. The molecule has 0 saturated heterocycles. The van der Waals surface area contributed by atoms with Crippen molar-refractivity contribution >= 4 is 29.1 Å². The molecule has 4 nitrogen and oxygen atoms in total. The molecule has 0 saturated carbocycles. The van der Waals surface area contributed by atoms with Gasteiger partial charge < -0.3 is 9.42 Å². The molecular weight excluding hydrogens is 359 g/mol. The van der Waals surface area contributed by atoms with E-state index < -0.39 is 0 Å². The second-order valence-electron chi connectivity index (χ2n) is 5.93. The summed E-state index contributed by atoms with van der Waals surface area (Å²) >= 11 is 11.9. The molecule has 0 bridgehead atoms. The number of carbonyl (C=O) groups excluding carboxylic acids is 1. The molecule has 0 aliphatic carbocycles. The number of hydrogen-bond donors (Lipinski definition) is 0. The molecule has 1 aliphatic heterocycles. The molecule has 1 amide bonds. The number of rotatable bonds is 2. The highest BCUT2D eigenvalue weighted by molar-refractivity contribution is 6.30. The molecule has 0 N–H and O–H groups in total. The lowest BCUT2D eigenvalue weighted by molar-refractivity contribution is 0.0734. The maximum atomic E-state index is 12.7. The average Bonchev–Trinajstić information content (AvgIpc) is 3.05. The van der Waals surface area contributed by atoms with Gasteiger partial charge in [-0.3, -0.25) is 4.79 Å². The molecule has 3 aromatic rings. The fourth-order valence-electron chi connectivity index (χ4n) is 2.99. The molecule has 0 fully saturated rings. The monoisotopic (exact) mass is 372 g/mol. The van der Waals surface area contributed by atoms with Crippen molar-refractivity contribution in [1.29, 1.82) is 0 Å². The first-order valence-corrected chi connectivity index (χ1v) is 8.65. The van der Waals surface area contributed by atoms with Gasteiger partial charge in [0.2, 0.25) is 0 Å². The molecule has 25 heavy (non-hydrogen) atoms. The Morgan fingerprint density at radius 3 is 2.32 bits per heavy atom. The first kappa shape index (κ1) is 16.2. The molecule has 1 aromatic heterocycles. The third kappa shape index (κ3) is 3.15. The zero-order valence-electron chi connectivity index (χ0n) is 13.2. The minimum atomic E-state index is -0.0226. The van der Waals surface area contributed by atoms with E-state index in [4.69, 9.17) is 27.7 Å². The SMILES string of the molecule is O=C(c1ccc(Cl)cc1)N1CCc2noc(-c3ccc(Cl)cc3)c2C1. The van der Waals surface area contributed by atoms with E-state index in [9.17, 15) is 4.79 Å². The fraction of sp³-hybridized carbons (Fsp3) is 0.158. The second kappa shape index (κ2) is 6.54. The van der Waals surface area contributed by atoms with E-state index in [1.165, 1.54) is 0 Å². The summed E-state index contributed by atoms with van der Waals surface area (Å²) in [6, 6.07) is 14.3. The minimum absolute atomic E-state index is 0.0226. The number of hydrogen-bond acceptors (Lipinski definition) is 3. The van der Waals surface area contributed by atoms with E-state index in [0.717, 1.165) is 16.8 Å². The van der Waals surface area contributed by atoms with Gasteiger partial charge in [-0.1, -0.05) is 28.4 Å². The Morgan fingerprint density at radius 2 is 1.64 bits per heavy atom. The van der Waals surface area contributed by atoms with E-state index in [1.54, 1.807) is 24.3 Å². The van der Waals surface area contributed by atoms with Gasteiger partial charge in [0.25, 0.3) is 5.91 Å². The first-order valence-electron chi connectivity index (χ1n) is 7.90. The minimum Gasteiger partial charge on any atom is -0.356 e. The molecule has 126 valence electrons. The van der Waals surface area contributed by atoms with E-state index in [-0.39, 0.29) is 5.91 Å². The van der Waals surface area contributed by atoms with Crippen molar-refractivity contribution < 1.29 is 9.32 Å². The van der Waals surface area contributed by atoms with E-state index >= 15 is 0 Å². The molecular formula is C19H14Cl2N2O2. The Morgan fingerprint density at radius 1 is 1.00 bits per heavy atom. The predicted octanol–water partition coefficient (Wildman–Crippen LogP) is 4.85. The number of benzene rings is 2. The van der Waals surface area contributed by atoms with Crippen LogP contribution in [0.4, 0.5) is 0 Å². The van der Waals surface area contributed by atoms with Crippen molar-refractivity contribution in [3.05, 3.63) is 75.4 Å². The molecule has 2 heterocycles. The number of amides is 1. The lowest BCUT2D eigenvalue weighted by Crippen LogP contribution is -2.35. The van der Waals surface area contributed by atoms with Gasteiger partial charge in [0, 0.05) is 39.7 Å². The molecule has 0 atom stereocenters. The largest absolute Gasteiger partial charge is 0.356 e. The van der Waals surface area contributed by atoms with Crippen molar-refractivity contribution in [2.24, 2.45) is 0 Å². The number of halogens is 2. The van der Waals surface area contributed by atoms with Gasteiger partial charge in [-0.15, -0.1) is 0 Å². The van der Waals surface area contributed by atoms with Gasteiger partial charge in [-0.25, -0.2) is 0 Å². The van der Waals surface area contributed by atoms with Gasteiger partial charge in [0.1, 0.15) is 0 Å². The van der Waals surface area contributed by atoms with Crippen LogP contribution in [0.15, 0.2) is 53.1 Å². The third-order valence-corrected chi connectivity index (χ3v) is 4.83. The Balaban J connectivity index is 1.62. The van der Waals surface area contributed by atoms with Crippen LogP contribution in [-0.4, -0.2) is 22.5 Å². The summed E-state index contributed by atoms with van der Waals surface area (Å²) in [4.78, 5) is 14.6. The van der Waals surface area contributed by atoms with Crippen LogP contribution in [0.25, 0.3) is 11.3 Å². The van der Waals surface area contributed by atoms with Gasteiger partial charge in [-0.05, 0) is 48.5 Å². The second-order valence-corrected chi connectivity index (χ2v) is 6.80. The van der Waals surface area contributed by atoms with Gasteiger partial charge >= 0.3 is 0 Å². The summed E-state index contributed by atoms with van der Waals surface area (Å²) < 4.78 is 5.54. The highest BCUT2D eigenvalue weighted by Gasteiger charge is 2.28. The van der Waals surface area contributed by atoms with Crippen LogP contribution in [0.1, 0.15) is 21.6 Å². The molecule has 0 unspecified atom stereocenters. The van der Waals surface area contributed by atoms with E-state index in [1.807, 2.05) is 29.2 Å². The Kier molecular flexibility index (Phi) is 4.24. The summed E-state index contributed by atoms with van der Waals surface area (Å²) in [5.74, 6) is 0.672. The maximum Gasteiger partial charge on any atom is 0.254 e. The normalized spacial score (nSPS) is 13.6. The van der Waals surface area contributed by atoms with Crippen LogP contribution in [0.3, 0.4) is 0 Å². The highest BCUT2D eigenvalue weighted by atomic mass is 35.5. The quantitative estimate of drug-likeness (QED) is 0.645. The molecule has 1 aliphatic rings. The van der Waals surface area contributed by atoms with E-state index in [0.29, 0.717) is 40.9 Å². The number of aromatic nitrogens is 1. The highest BCUT2D eigenvalue weighted by Crippen LogP contribution is 2.31. The van der Waals surface area contributed by atoms with Gasteiger partial charge in [-0.2, -0.15) is 0 Å².